The first-order valence-electron chi connectivity index (χ1n) is 9.28. The second-order valence-electron chi connectivity index (χ2n) is 6.74. The molecule has 0 aromatic heterocycles. The molecule has 3 aromatic rings. The lowest BCUT2D eigenvalue weighted by Gasteiger charge is -2.15. The number of rotatable bonds is 4. The number of fused-ring (bicyclic) bond motifs is 1. The summed E-state index contributed by atoms with van der Waals surface area (Å²) in [6, 6.07) is 16.7. The summed E-state index contributed by atoms with van der Waals surface area (Å²) in [5.41, 5.74) is 2.55. The van der Waals surface area contributed by atoms with Crippen molar-refractivity contribution in [1.29, 1.82) is 0 Å². The van der Waals surface area contributed by atoms with E-state index in [0.717, 1.165) is 16.9 Å². The van der Waals surface area contributed by atoms with Crippen LogP contribution in [0.15, 0.2) is 60.7 Å². The Morgan fingerprint density at radius 3 is 2.43 bits per heavy atom. The van der Waals surface area contributed by atoms with Crippen molar-refractivity contribution in [3.63, 3.8) is 0 Å². The van der Waals surface area contributed by atoms with Gasteiger partial charge in [-0.05, 0) is 48.4 Å². The molecule has 0 unspecified atom stereocenters. The number of aryl methyl sites for hydroxylation is 1. The lowest BCUT2D eigenvalue weighted by molar-refractivity contribution is 0.0925. The molecule has 0 radical (unpaired) electrons. The smallest absolute Gasteiger partial charge is 0.266 e. The molecule has 150 valence electrons. The van der Waals surface area contributed by atoms with E-state index in [2.05, 4.69) is 5.32 Å². The Morgan fingerprint density at radius 2 is 1.67 bits per heavy atom. The quantitative estimate of drug-likeness (QED) is 0.538. The van der Waals surface area contributed by atoms with E-state index in [-0.39, 0.29) is 38.3 Å². The highest BCUT2D eigenvalue weighted by Crippen LogP contribution is 2.37. The number of anilines is 2. The normalized spacial score (nSPS) is 12.8. The van der Waals surface area contributed by atoms with Crippen LogP contribution in [0.4, 0.5) is 11.4 Å². The zero-order valence-corrected chi connectivity index (χ0v) is 17.4. The third kappa shape index (κ3) is 3.36. The van der Waals surface area contributed by atoms with Crippen molar-refractivity contribution in [3.05, 3.63) is 93.0 Å². The summed E-state index contributed by atoms with van der Waals surface area (Å²) < 4.78 is 0. The third-order valence-electron chi connectivity index (χ3n) is 4.97. The second kappa shape index (κ2) is 7.94. The van der Waals surface area contributed by atoms with Gasteiger partial charge < -0.3 is 5.32 Å². The van der Waals surface area contributed by atoms with Gasteiger partial charge in [0.2, 0.25) is 0 Å². The Balaban J connectivity index is 1.67. The van der Waals surface area contributed by atoms with E-state index < -0.39 is 11.8 Å². The molecule has 3 amide bonds. The minimum Gasteiger partial charge on any atom is -0.322 e. The molecule has 0 fully saturated rings. The largest absolute Gasteiger partial charge is 0.322 e. The lowest BCUT2D eigenvalue weighted by atomic mass is 10.0. The molecule has 1 heterocycles. The Morgan fingerprint density at radius 1 is 0.933 bits per heavy atom. The zero-order chi connectivity index (χ0) is 21.4. The molecule has 0 aliphatic carbocycles. The molecule has 0 spiro atoms. The van der Waals surface area contributed by atoms with Crippen molar-refractivity contribution in [2.75, 3.05) is 10.2 Å². The average Bonchev–Trinajstić information content (AvgIpc) is 3.00. The number of para-hydroxylation sites is 1. The van der Waals surface area contributed by atoms with Crippen molar-refractivity contribution in [1.82, 2.24) is 0 Å². The number of hydrogen-bond acceptors (Lipinski definition) is 3. The van der Waals surface area contributed by atoms with Crippen LogP contribution in [0.25, 0.3) is 0 Å². The van der Waals surface area contributed by atoms with Crippen LogP contribution < -0.4 is 10.2 Å². The van der Waals surface area contributed by atoms with Crippen molar-refractivity contribution < 1.29 is 14.4 Å². The van der Waals surface area contributed by atoms with Crippen LogP contribution in [0, 0.1) is 0 Å². The third-order valence-corrected chi connectivity index (χ3v) is 5.78. The van der Waals surface area contributed by atoms with Crippen molar-refractivity contribution in [3.8, 4) is 0 Å². The standard InChI is InChI=1S/C23H16Cl2N2O3/c1-2-13-6-3-4-8-18(13)26-21(28)14-10-11-15-16(12-14)23(30)27(22(15)29)19-9-5-7-17(24)20(19)25/h3-12H,2H2,1H3,(H,26,28). The fourth-order valence-corrected chi connectivity index (χ4v) is 3.79. The number of imide groups is 1. The van der Waals surface area contributed by atoms with Gasteiger partial charge in [-0.25, -0.2) is 4.90 Å². The molecular weight excluding hydrogens is 423 g/mol. The topological polar surface area (TPSA) is 66.5 Å². The van der Waals surface area contributed by atoms with Gasteiger partial charge >= 0.3 is 0 Å². The Bertz CT molecular complexity index is 1210. The summed E-state index contributed by atoms with van der Waals surface area (Å²) in [4.78, 5) is 39.5. The minimum absolute atomic E-state index is 0.114. The first-order chi connectivity index (χ1) is 14.4. The van der Waals surface area contributed by atoms with Gasteiger partial charge in [-0.1, -0.05) is 54.4 Å². The maximum Gasteiger partial charge on any atom is 0.266 e. The number of hydrogen-bond donors (Lipinski definition) is 1. The van der Waals surface area contributed by atoms with Crippen LogP contribution in [0.5, 0.6) is 0 Å². The number of halogens is 2. The Labute approximate surface area is 183 Å². The van der Waals surface area contributed by atoms with Crippen molar-refractivity contribution in [2.45, 2.75) is 13.3 Å². The van der Waals surface area contributed by atoms with Gasteiger partial charge in [-0.15, -0.1) is 0 Å². The summed E-state index contributed by atoms with van der Waals surface area (Å²) in [6.07, 6.45) is 0.767. The minimum atomic E-state index is -0.553. The summed E-state index contributed by atoms with van der Waals surface area (Å²) in [5, 5.41) is 3.22. The highest BCUT2D eigenvalue weighted by atomic mass is 35.5. The molecule has 3 aromatic carbocycles. The molecule has 0 bridgehead atoms. The van der Waals surface area contributed by atoms with Crippen molar-refractivity contribution in [2.24, 2.45) is 0 Å². The fourth-order valence-electron chi connectivity index (χ4n) is 3.41. The molecule has 4 rings (SSSR count). The van der Waals surface area contributed by atoms with Gasteiger partial charge in [0.05, 0.1) is 26.9 Å². The maximum atomic E-state index is 13.0. The van der Waals surface area contributed by atoms with Crippen LogP contribution in [-0.4, -0.2) is 17.7 Å². The number of carbonyl (C=O) groups excluding carboxylic acids is 3. The van der Waals surface area contributed by atoms with Crippen LogP contribution in [0.2, 0.25) is 10.0 Å². The number of nitrogens with zero attached hydrogens (tertiary/aromatic N) is 1. The van der Waals surface area contributed by atoms with E-state index in [1.54, 1.807) is 18.2 Å². The lowest BCUT2D eigenvalue weighted by Crippen LogP contribution is -2.29. The van der Waals surface area contributed by atoms with Gasteiger partial charge in [0.25, 0.3) is 17.7 Å². The number of amides is 3. The average molecular weight is 439 g/mol. The highest BCUT2D eigenvalue weighted by Gasteiger charge is 2.38. The van der Waals surface area contributed by atoms with Gasteiger partial charge in [0.1, 0.15) is 0 Å². The number of benzene rings is 3. The van der Waals surface area contributed by atoms with Gasteiger partial charge in [-0.3, -0.25) is 14.4 Å². The first-order valence-corrected chi connectivity index (χ1v) is 10.0. The number of nitrogens with one attached hydrogen (secondary N) is 1. The zero-order valence-electron chi connectivity index (χ0n) is 15.9. The first kappa shape index (κ1) is 20.1. The Kier molecular flexibility index (Phi) is 5.33. The predicted octanol–water partition coefficient (Wildman–Crippen LogP) is 5.61. The molecule has 1 aliphatic heterocycles. The highest BCUT2D eigenvalue weighted by molar-refractivity contribution is 6.46. The van der Waals surface area contributed by atoms with Gasteiger partial charge in [0, 0.05) is 11.3 Å². The molecule has 0 atom stereocenters. The molecule has 0 saturated carbocycles. The molecule has 1 aliphatic rings. The summed E-state index contributed by atoms with van der Waals surface area (Å²) in [6.45, 7) is 2.00. The van der Waals surface area contributed by atoms with E-state index in [1.165, 1.54) is 18.2 Å². The predicted molar refractivity (Wildman–Crippen MR) is 118 cm³/mol. The SMILES string of the molecule is CCc1ccccc1NC(=O)c1ccc2c(c1)C(=O)N(c1cccc(Cl)c1Cl)C2=O. The van der Waals surface area contributed by atoms with E-state index >= 15 is 0 Å². The fraction of sp³-hybridized carbons (Fsp3) is 0.0870. The maximum absolute atomic E-state index is 13.0. The second-order valence-corrected chi connectivity index (χ2v) is 7.53. The van der Waals surface area contributed by atoms with E-state index in [0.29, 0.717) is 5.69 Å². The molecular formula is C23H16Cl2N2O3. The van der Waals surface area contributed by atoms with Crippen LogP contribution >= 0.6 is 23.2 Å². The van der Waals surface area contributed by atoms with Gasteiger partial charge in [0.15, 0.2) is 0 Å². The van der Waals surface area contributed by atoms with Crippen LogP contribution in [0.3, 0.4) is 0 Å². The van der Waals surface area contributed by atoms with E-state index in [9.17, 15) is 14.4 Å². The molecule has 30 heavy (non-hydrogen) atoms. The summed E-state index contributed by atoms with van der Waals surface area (Å²) >= 11 is 12.2. The van der Waals surface area contributed by atoms with Crippen LogP contribution in [0.1, 0.15) is 43.6 Å². The van der Waals surface area contributed by atoms with Crippen molar-refractivity contribution >= 4 is 52.3 Å². The molecule has 0 saturated heterocycles. The summed E-state index contributed by atoms with van der Waals surface area (Å²) in [7, 11) is 0. The Hall–Kier alpha value is -3.15. The molecule has 5 nitrogen and oxygen atoms in total. The molecule has 1 N–H and O–H groups in total. The molecule has 7 heteroatoms. The number of carbonyl (C=O) groups is 3. The summed E-state index contributed by atoms with van der Waals surface area (Å²) in [5.74, 6) is -1.43. The van der Waals surface area contributed by atoms with E-state index in [4.69, 9.17) is 23.2 Å². The monoisotopic (exact) mass is 438 g/mol. The van der Waals surface area contributed by atoms with E-state index in [1.807, 2.05) is 31.2 Å². The van der Waals surface area contributed by atoms with Gasteiger partial charge in [-0.2, -0.15) is 0 Å². The van der Waals surface area contributed by atoms with Crippen LogP contribution in [-0.2, 0) is 6.42 Å².